The lowest BCUT2D eigenvalue weighted by atomic mass is 9.95. The number of nitrogens with zero attached hydrogens (tertiary/aromatic N) is 2. The summed E-state index contributed by atoms with van der Waals surface area (Å²) in [5.41, 5.74) is 14.0. The van der Waals surface area contributed by atoms with Gasteiger partial charge in [0.2, 0.25) is 0 Å². The average Bonchev–Trinajstić information content (AvgIpc) is 3.60. The molecule has 0 unspecified atom stereocenters. The van der Waals surface area contributed by atoms with Crippen LogP contribution in [-0.2, 0) is 0 Å². The van der Waals surface area contributed by atoms with Crippen LogP contribution in [0.15, 0.2) is 218 Å². The van der Waals surface area contributed by atoms with E-state index >= 15 is 0 Å². The highest BCUT2D eigenvalue weighted by atomic mass is 15.1. The minimum atomic E-state index is 1.09. The Kier molecular flexibility index (Phi) is 7.85. The van der Waals surface area contributed by atoms with Crippen molar-refractivity contribution in [3.63, 3.8) is 0 Å². The van der Waals surface area contributed by atoms with Gasteiger partial charge in [-0.1, -0.05) is 164 Å². The summed E-state index contributed by atoms with van der Waals surface area (Å²) in [6, 6.07) is 78.9. The Morgan fingerprint density at radius 2 is 0.889 bits per heavy atom. The SMILES string of the molecule is c1ccc(-c2ccc(N(c3ccccc3-c3ccc4ccccc4c3)c3ccccc3-c3cccc4c3c3ccccc3n4-c3ccccc3)cc2)cc1. The van der Waals surface area contributed by atoms with E-state index in [1.165, 1.54) is 66.0 Å². The molecule has 54 heavy (non-hydrogen) atoms. The summed E-state index contributed by atoms with van der Waals surface area (Å²) in [6.45, 7) is 0. The molecule has 0 bridgehead atoms. The second-order valence-electron chi connectivity index (χ2n) is 13.7. The standard InChI is InChI=1S/C52H36N2/c1-3-16-37(17-4-1)39-32-34-43(35-33-39)53(48-26-12-9-22-44(48)41-31-30-38-18-7-8-19-40(38)36-41)49-27-13-10-23-45(49)46-25-15-29-51-52(46)47-24-11-14-28-50(47)54(51)42-20-5-2-6-21-42/h1-36H. The van der Waals surface area contributed by atoms with Gasteiger partial charge in [-0.05, 0) is 87.6 Å². The Morgan fingerprint density at radius 3 is 1.69 bits per heavy atom. The number of benzene rings is 9. The van der Waals surface area contributed by atoms with E-state index in [9.17, 15) is 0 Å². The quantitative estimate of drug-likeness (QED) is 0.162. The van der Waals surface area contributed by atoms with Crippen LogP contribution in [0, 0.1) is 0 Å². The minimum Gasteiger partial charge on any atom is -0.309 e. The lowest BCUT2D eigenvalue weighted by molar-refractivity contribution is 1.18. The van der Waals surface area contributed by atoms with Crippen LogP contribution in [-0.4, -0.2) is 4.57 Å². The summed E-state index contributed by atoms with van der Waals surface area (Å²) in [6.07, 6.45) is 0. The molecule has 0 saturated heterocycles. The Labute approximate surface area is 315 Å². The molecule has 254 valence electrons. The van der Waals surface area contributed by atoms with E-state index in [-0.39, 0.29) is 0 Å². The van der Waals surface area contributed by atoms with Gasteiger partial charge in [-0.25, -0.2) is 0 Å². The Balaban J connectivity index is 1.22. The number of para-hydroxylation sites is 4. The molecule has 10 rings (SSSR count). The topological polar surface area (TPSA) is 8.17 Å². The van der Waals surface area contributed by atoms with E-state index in [1.807, 2.05) is 0 Å². The highest BCUT2D eigenvalue weighted by molar-refractivity contribution is 6.17. The fourth-order valence-electron chi connectivity index (χ4n) is 8.11. The first-order chi connectivity index (χ1) is 26.8. The van der Waals surface area contributed by atoms with Crippen molar-refractivity contribution >= 4 is 49.6 Å². The van der Waals surface area contributed by atoms with E-state index in [0.717, 1.165) is 22.7 Å². The van der Waals surface area contributed by atoms with Crippen LogP contribution < -0.4 is 4.90 Å². The Morgan fingerprint density at radius 1 is 0.333 bits per heavy atom. The molecule has 0 fully saturated rings. The predicted octanol–water partition coefficient (Wildman–Crippen LogP) is 14.4. The molecule has 0 amide bonds. The van der Waals surface area contributed by atoms with E-state index in [1.54, 1.807) is 0 Å². The van der Waals surface area contributed by atoms with Crippen LogP contribution in [0.4, 0.5) is 17.1 Å². The van der Waals surface area contributed by atoms with Crippen molar-refractivity contribution in [2.75, 3.05) is 4.90 Å². The highest BCUT2D eigenvalue weighted by Crippen LogP contribution is 2.47. The van der Waals surface area contributed by atoms with Gasteiger partial charge in [0.1, 0.15) is 0 Å². The van der Waals surface area contributed by atoms with Crippen molar-refractivity contribution in [3.8, 4) is 39.1 Å². The molecule has 0 aliphatic heterocycles. The fraction of sp³-hybridized carbons (Fsp3) is 0. The number of fused-ring (bicyclic) bond motifs is 4. The molecular formula is C52H36N2. The maximum atomic E-state index is 2.45. The summed E-state index contributed by atoms with van der Waals surface area (Å²) < 4.78 is 2.39. The molecule has 0 N–H and O–H groups in total. The molecule has 0 aliphatic rings. The van der Waals surface area contributed by atoms with Crippen molar-refractivity contribution in [3.05, 3.63) is 218 Å². The molecule has 0 aliphatic carbocycles. The number of anilines is 3. The number of hydrogen-bond donors (Lipinski definition) is 0. The van der Waals surface area contributed by atoms with E-state index in [0.29, 0.717) is 0 Å². The zero-order valence-corrected chi connectivity index (χ0v) is 29.7. The van der Waals surface area contributed by atoms with Gasteiger partial charge in [0.25, 0.3) is 0 Å². The van der Waals surface area contributed by atoms with Crippen molar-refractivity contribution in [1.82, 2.24) is 4.57 Å². The zero-order valence-electron chi connectivity index (χ0n) is 29.7. The van der Waals surface area contributed by atoms with E-state index in [2.05, 4.69) is 228 Å². The average molecular weight is 689 g/mol. The highest BCUT2D eigenvalue weighted by Gasteiger charge is 2.23. The summed E-state index contributed by atoms with van der Waals surface area (Å²) in [5, 5.41) is 4.94. The van der Waals surface area contributed by atoms with Crippen LogP contribution in [0.3, 0.4) is 0 Å². The fourth-order valence-corrected chi connectivity index (χ4v) is 8.11. The first-order valence-electron chi connectivity index (χ1n) is 18.5. The maximum absolute atomic E-state index is 2.45. The van der Waals surface area contributed by atoms with Crippen LogP contribution in [0.5, 0.6) is 0 Å². The van der Waals surface area contributed by atoms with Crippen LogP contribution >= 0.6 is 0 Å². The van der Waals surface area contributed by atoms with E-state index in [4.69, 9.17) is 0 Å². The number of rotatable bonds is 7. The third-order valence-electron chi connectivity index (χ3n) is 10.6. The second-order valence-corrected chi connectivity index (χ2v) is 13.7. The summed E-state index contributed by atoms with van der Waals surface area (Å²) in [5.74, 6) is 0. The van der Waals surface area contributed by atoms with Gasteiger partial charge in [0.15, 0.2) is 0 Å². The summed E-state index contributed by atoms with van der Waals surface area (Å²) in [4.78, 5) is 2.45. The van der Waals surface area contributed by atoms with Crippen LogP contribution in [0.1, 0.15) is 0 Å². The smallest absolute Gasteiger partial charge is 0.0547 e. The van der Waals surface area contributed by atoms with Crippen molar-refractivity contribution in [2.24, 2.45) is 0 Å². The summed E-state index contributed by atoms with van der Waals surface area (Å²) in [7, 11) is 0. The molecule has 2 nitrogen and oxygen atoms in total. The van der Waals surface area contributed by atoms with Gasteiger partial charge in [-0.2, -0.15) is 0 Å². The largest absolute Gasteiger partial charge is 0.309 e. The normalized spacial score (nSPS) is 11.3. The molecule has 0 radical (unpaired) electrons. The van der Waals surface area contributed by atoms with Crippen molar-refractivity contribution in [1.29, 1.82) is 0 Å². The minimum absolute atomic E-state index is 1.09. The first kappa shape index (κ1) is 31.6. The predicted molar refractivity (Wildman–Crippen MR) is 229 cm³/mol. The molecular weight excluding hydrogens is 653 g/mol. The number of aromatic nitrogens is 1. The van der Waals surface area contributed by atoms with Crippen molar-refractivity contribution in [2.45, 2.75) is 0 Å². The Bertz CT molecular complexity index is 2920. The third kappa shape index (κ3) is 5.44. The molecule has 10 aromatic rings. The van der Waals surface area contributed by atoms with Gasteiger partial charge >= 0.3 is 0 Å². The van der Waals surface area contributed by atoms with Gasteiger partial charge in [0.05, 0.1) is 22.4 Å². The van der Waals surface area contributed by atoms with Gasteiger partial charge in [-0.15, -0.1) is 0 Å². The molecule has 2 heteroatoms. The van der Waals surface area contributed by atoms with Crippen LogP contribution in [0.2, 0.25) is 0 Å². The number of hydrogen-bond acceptors (Lipinski definition) is 1. The zero-order chi connectivity index (χ0) is 35.8. The van der Waals surface area contributed by atoms with Gasteiger partial charge in [0, 0.05) is 33.3 Å². The molecule has 0 saturated carbocycles. The third-order valence-corrected chi connectivity index (χ3v) is 10.6. The summed E-state index contributed by atoms with van der Waals surface area (Å²) >= 11 is 0. The second kappa shape index (κ2) is 13.4. The maximum Gasteiger partial charge on any atom is 0.0547 e. The van der Waals surface area contributed by atoms with Gasteiger partial charge < -0.3 is 9.47 Å². The Hall–Kier alpha value is -7.16. The van der Waals surface area contributed by atoms with Gasteiger partial charge in [-0.3, -0.25) is 0 Å². The molecule has 0 spiro atoms. The molecule has 0 atom stereocenters. The van der Waals surface area contributed by atoms with Crippen molar-refractivity contribution < 1.29 is 0 Å². The lowest BCUT2D eigenvalue weighted by Crippen LogP contribution is -2.12. The lowest BCUT2D eigenvalue weighted by Gasteiger charge is -2.30. The first-order valence-corrected chi connectivity index (χ1v) is 18.5. The molecule has 9 aromatic carbocycles. The molecule has 1 aromatic heterocycles. The van der Waals surface area contributed by atoms with Crippen LogP contribution in [0.25, 0.3) is 71.6 Å². The molecule has 1 heterocycles. The van der Waals surface area contributed by atoms with E-state index < -0.39 is 0 Å². The monoisotopic (exact) mass is 688 g/mol.